The van der Waals surface area contributed by atoms with E-state index in [1.54, 1.807) is 18.6 Å². The van der Waals surface area contributed by atoms with Gasteiger partial charge in [-0.05, 0) is 81.0 Å². The van der Waals surface area contributed by atoms with Gasteiger partial charge in [-0.25, -0.2) is 9.97 Å². The molecule has 2 fully saturated rings. The van der Waals surface area contributed by atoms with Crippen molar-refractivity contribution in [1.29, 1.82) is 0 Å². The number of hydrogen-bond acceptors (Lipinski definition) is 7. The molecule has 238 valence electrons. The number of amides is 1. The van der Waals surface area contributed by atoms with Crippen LogP contribution in [0.4, 0.5) is 0 Å². The van der Waals surface area contributed by atoms with Crippen molar-refractivity contribution in [1.82, 2.24) is 19.4 Å². The van der Waals surface area contributed by atoms with Crippen LogP contribution in [0.5, 0.6) is 11.8 Å². The van der Waals surface area contributed by atoms with Gasteiger partial charge < -0.3 is 14.2 Å². The molecule has 45 heavy (non-hydrogen) atoms. The number of Topliss-reactive ketones (excluding diaryl/α,β-unsaturated/α-hetero) is 3. The quantitative estimate of drug-likeness (QED) is 0.300. The molecule has 3 aromatic rings. The highest BCUT2D eigenvalue weighted by molar-refractivity contribution is 6.08. The van der Waals surface area contributed by atoms with Crippen LogP contribution in [0.1, 0.15) is 107 Å². The van der Waals surface area contributed by atoms with Crippen molar-refractivity contribution >= 4 is 34.2 Å². The first-order valence-corrected chi connectivity index (χ1v) is 16.4. The second-order valence-electron chi connectivity index (χ2n) is 14.1. The summed E-state index contributed by atoms with van der Waals surface area (Å²) in [4.78, 5) is 64.1. The molecule has 1 saturated heterocycles. The molecular formula is C36H44N4O5. The summed E-state index contributed by atoms with van der Waals surface area (Å²) in [5.41, 5.74) is 2.67. The number of rotatable bonds is 5. The second kappa shape index (κ2) is 11.8. The largest absolute Gasteiger partial charge is 0.424 e. The van der Waals surface area contributed by atoms with E-state index >= 15 is 0 Å². The number of ether oxygens (including phenoxy) is 1. The van der Waals surface area contributed by atoms with E-state index in [1.807, 2.05) is 49.3 Å². The average molecular weight is 613 g/mol. The summed E-state index contributed by atoms with van der Waals surface area (Å²) in [6.45, 7) is 9.42. The van der Waals surface area contributed by atoms with Crippen molar-refractivity contribution in [3.05, 3.63) is 47.4 Å². The Balaban J connectivity index is 1.42. The molecule has 2 aliphatic heterocycles. The number of hydrogen-bond donors (Lipinski definition) is 0. The summed E-state index contributed by atoms with van der Waals surface area (Å²) in [6, 6.07) is 3.52. The van der Waals surface area contributed by atoms with Crippen molar-refractivity contribution in [3.8, 4) is 11.8 Å². The molecule has 9 heteroatoms. The molecule has 1 amide bonds. The standard InChI is InChI=1S/C36H44N4O5/c1-6-29(42)28-16-36-13-11-31(43)35(4,5)12-9-7-8-10-24-14-25(45-34-37-18-22(2)19-38-34)15-26-27(23(3)41)20-39(33(24)26)21-32(44)40(28)30(36)17-36/h14-15,18-20,28,30H,6-13,16-17,21H2,1-5H3/t28-,30+,36-/m0/s1. The second-order valence-corrected chi connectivity index (χ2v) is 14.1. The van der Waals surface area contributed by atoms with Gasteiger partial charge >= 0.3 is 6.01 Å². The summed E-state index contributed by atoms with van der Waals surface area (Å²) in [6.07, 6.45) is 12.5. The molecule has 1 aromatic carbocycles. The third-order valence-electron chi connectivity index (χ3n) is 10.5. The monoisotopic (exact) mass is 612 g/mol. The predicted molar refractivity (Wildman–Crippen MR) is 170 cm³/mol. The lowest BCUT2D eigenvalue weighted by Crippen LogP contribution is -2.44. The number of carbonyl (C=O) groups is 4. The van der Waals surface area contributed by atoms with Gasteiger partial charge in [0.25, 0.3) is 0 Å². The van der Waals surface area contributed by atoms with E-state index in [0.29, 0.717) is 37.0 Å². The molecule has 3 atom stereocenters. The van der Waals surface area contributed by atoms with E-state index in [4.69, 9.17) is 4.74 Å². The van der Waals surface area contributed by atoms with Gasteiger partial charge in [0, 0.05) is 53.8 Å². The maximum Gasteiger partial charge on any atom is 0.321 e. The molecule has 2 bridgehead atoms. The van der Waals surface area contributed by atoms with Crippen LogP contribution in [0.15, 0.2) is 30.7 Å². The fourth-order valence-corrected chi connectivity index (χ4v) is 7.68. The van der Waals surface area contributed by atoms with Crippen molar-refractivity contribution in [3.63, 3.8) is 0 Å². The van der Waals surface area contributed by atoms with E-state index < -0.39 is 11.5 Å². The van der Waals surface area contributed by atoms with Gasteiger partial charge in [0.05, 0.1) is 11.6 Å². The van der Waals surface area contributed by atoms with Gasteiger partial charge in [-0.3, -0.25) is 19.2 Å². The van der Waals surface area contributed by atoms with Gasteiger partial charge in [0.2, 0.25) is 5.91 Å². The molecule has 1 saturated carbocycles. The maximum atomic E-state index is 14.2. The molecule has 9 nitrogen and oxygen atoms in total. The van der Waals surface area contributed by atoms with Crippen LogP contribution in [-0.4, -0.2) is 54.8 Å². The summed E-state index contributed by atoms with van der Waals surface area (Å²) in [5, 5.41) is 0.725. The van der Waals surface area contributed by atoms with Crippen LogP contribution in [0.25, 0.3) is 10.9 Å². The number of nitrogens with zero attached hydrogens (tertiary/aromatic N) is 4. The lowest BCUT2D eigenvalue weighted by molar-refractivity contribution is -0.139. The Morgan fingerprint density at radius 3 is 2.49 bits per heavy atom. The number of benzene rings is 1. The zero-order valence-electron chi connectivity index (χ0n) is 27.1. The Morgan fingerprint density at radius 1 is 1.02 bits per heavy atom. The molecule has 6 rings (SSSR count). The highest BCUT2D eigenvalue weighted by Crippen LogP contribution is 2.62. The highest BCUT2D eigenvalue weighted by atomic mass is 16.5. The molecule has 2 aromatic heterocycles. The third-order valence-corrected chi connectivity index (χ3v) is 10.5. The minimum atomic E-state index is -0.466. The van der Waals surface area contributed by atoms with Crippen molar-refractivity contribution in [2.24, 2.45) is 10.8 Å². The molecule has 0 radical (unpaired) electrons. The summed E-state index contributed by atoms with van der Waals surface area (Å²) < 4.78 is 7.98. The SMILES string of the molecule is CCC(=O)[C@@H]1C[C@]23CCC(=O)C(C)(C)CCCCCc4cc(Oc5ncc(C)cn5)cc5c(C(C)=O)cn(c45)CC(=O)N1[C@@H]2C3. The fourth-order valence-electron chi connectivity index (χ4n) is 7.68. The normalized spacial score (nSPS) is 25.1. The Morgan fingerprint density at radius 2 is 1.78 bits per heavy atom. The third kappa shape index (κ3) is 5.93. The molecule has 4 heterocycles. The Hall–Kier alpha value is -3.88. The first-order chi connectivity index (χ1) is 21.4. The average Bonchev–Trinajstić information content (AvgIpc) is 3.41. The minimum absolute atomic E-state index is 0.0276. The lowest BCUT2D eigenvalue weighted by Gasteiger charge is -2.27. The zero-order chi connectivity index (χ0) is 32.1. The number of aryl methyl sites for hydroxylation is 2. The molecule has 1 aliphatic carbocycles. The fraction of sp³-hybridized carbons (Fsp3) is 0.556. The van der Waals surface area contributed by atoms with E-state index in [9.17, 15) is 19.2 Å². The smallest absolute Gasteiger partial charge is 0.321 e. The van der Waals surface area contributed by atoms with E-state index in [-0.39, 0.29) is 47.3 Å². The highest BCUT2D eigenvalue weighted by Gasteiger charge is 2.66. The van der Waals surface area contributed by atoms with Crippen LogP contribution >= 0.6 is 0 Å². The minimum Gasteiger partial charge on any atom is -0.424 e. The van der Waals surface area contributed by atoms with Crippen LogP contribution < -0.4 is 4.74 Å². The van der Waals surface area contributed by atoms with Gasteiger partial charge in [-0.15, -0.1) is 0 Å². The van der Waals surface area contributed by atoms with Crippen LogP contribution in [0.2, 0.25) is 0 Å². The zero-order valence-corrected chi connectivity index (χ0v) is 27.1. The van der Waals surface area contributed by atoms with Crippen molar-refractivity contribution < 1.29 is 23.9 Å². The van der Waals surface area contributed by atoms with Gasteiger partial charge in [0.1, 0.15) is 18.1 Å². The Bertz CT molecular complexity index is 1670. The number of ketones is 3. The van der Waals surface area contributed by atoms with E-state index in [0.717, 1.165) is 60.6 Å². The topological polar surface area (TPSA) is 111 Å². The van der Waals surface area contributed by atoms with Crippen LogP contribution in [0.3, 0.4) is 0 Å². The molecule has 3 aliphatic rings. The van der Waals surface area contributed by atoms with Gasteiger partial charge in [-0.2, -0.15) is 0 Å². The van der Waals surface area contributed by atoms with Crippen molar-refractivity contribution in [2.75, 3.05) is 0 Å². The Labute approximate surface area is 264 Å². The van der Waals surface area contributed by atoms with Crippen LogP contribution in [0, 0.1) is 17.8 Å². The molecular weight excluding hydrogens is 568 g/mol. The van der Waals surface area contributed by atoms with Gasteiger partial charge in [-0.1, -0.05) is 33.6 Å². The van der Waals surface area contributed by atoms with E-state index in [2.05, 4.69) is 9.97 Å². The first-order valence-electron chi connectivity index (χ1n) is 16.4. The summed E-state index contributed by atoms with van der Waals surface area (Å²) in [7, 11) is 0. The van der Waals surface area contributed by atoms with E-state index in [1.165, 1.54) is 6.92 Å². The predicted octanol–water partition coefficient (Wildman–Crippen LogP) is 6.57. The van der Waals surface area contributed by atoms with Gasteiger partial charge in [0.15, 0.2) is 11.6 Å². The number of piperidine rings is 1. The number of carbonyl (C=O) groups excluding carboxylic acids is 4. The maximum absolute atomic E-state index is 14.2. The summed E-state index contributed by atoms with van der Waals surface area (Å²) >= 11 is 0. The first kappa shape index (κ1) is 31.1. The molecule has 0 N–H and O–H groups in total. The van der Waals surface area contributed by atoms with Crippen LogP contribution in [-0.2, 0) is 27.3 Å². The Kier molecular flexibility index (Phi) is 8.16. The lowest BCUT2D eigenvalue weighted by atomic mass is 9.79. The summed E-state index contributed by atoms with van der Waals surface area (Å²) in [5.74, 6) is 0.650. The molecule has 0 spiro atoms. The van der Waals surface area contributed by atoms with Crippen molar-refractivity contribution in [2.45, 2.75) is 117 Å². The molecule has 0 unspecified atom stereocenters. The number of aromatic nitrogens is 3.